The Morgan fingerprint density at radius 2 is 1.71 bits per heavy atom. The number of anilines is 2. The molecule has 0 fully saturated rings. The molecular weight excluding hydrogens is 326 g/mol. The molecule has 0 saturated carbocycles. The topological polar surface area (TPSA) is 101 Å². The predicted octanol–water partition coefficient (Wildman–Crippen LogP) is 2.39. The van der Waals surface area contributed by atoms with Crippen LogP contribution in [0.5, 0.6) is 0 Å². The van der Waals surface area contributed by atoms with E-state index in [4.69, 9.17) is 5.14 Å². The number of benzene rings is 2. The summed E-state index contributed by atoms with van der Waals surface area (Å²) in [7, 11) is -3.74. The van der Waals surface area contributed by atoms with Crippen molar-refractivity contribution in [2.75, 3.05) is 10.6 Å². The summed E-state index contributed by atoms with van der Waals surface area (Å²) in [6.07, 6.45) is 0. The van der Waals surface area contributed by atoms with Gasteiger partial charge in [0.25, 0.3) is 0 Å². The van der Waals surface area contributed by atoms with E-state index in [0.29, 0.717) is 5.69 Å². The minimum atomic E-state index is -3.74. The molecule has 0 aliphatic heterocycles. The summed E-state index contributed by atoms with van der Waals surface area (Å²) in [5.41, 5.74) is 3.62. The quantitative estimate of drug-likeness (QED) is 0.773. The van der Waals surface area contributed by atoms with Crippen LogP contribution in [-0.2, 0) is 14.8 Å². The van der Waals surface area contributed by atoms with Crippen LogP contribution in [0, 0.1) is 13.8 Å². The maximum atomic E-state index is 12.3. The molecule has 6 nitrogen and oxygen atoms in total. The van der Waals surface area contributed by atoms with Gasteiger partial charge in [-0.05, 0) is 56.7 Å². The molecule has 2 aromatic rings. The number of sulfonamides is 1. The number of rotatable bonds is 5. The van der Waals surface area contributed by atoms with Gasteiger partial charge in [0.15, 0.2) is 0 Å². The average molecular weight is 347 g/mol. The molecule has 0 aromatic heterocycles. The van der Waals surface area contributed by atoms with E-state index in [2.05, 4.69) is 10.6 Å². The van der Waals surface area contributed by atoms with Gasteiger partial charge in [-0.2, -0.15) is 0 Å². The predicted molar refractivity (Wildman–Crippen MR) is 95.4 cm³/mol. The zero-order valence-corrected chi connectivity index (χ0v) is 14.6. The molecule has 2 rings (SSSR count). The lowest BCUT2D eigenvalue weighted by molar-refractivity contribution is -0.116. The lowest BCUT2D eigenvalue weighted by Gasteiger charge is -2.17. The minimum Gasteiger partial charge on any atom is -0.374 e. The van der Waals surface area contributed by atoms with Gasteiger partial charge in [0.05, 0.1) is 4.90 Å². The van der Waals surface area contributed by atoms with Crippen molar-refractivity contribution in [3.8, 4) is 0 Å². The second-order valence-corrected chi connectivity index (χ2v) is 7.30. The highest BCUT2D eigenvalue weighted by Crippen LogP contribution is 2.18. The van der Waals surface area contributed by atoms with Crippen LogP contribution in [0.2, 0.25) is 0 Å². The molecule has 7 heteroatoms. The Bertz CT molecular complexity index is 846. The first kappa shape index (κ1) is 18.0. The van der Waals surface area contributed by atoms with Crippen molar-refractivity contribution in [1.82, 2.24) is 0 Å². The summed E-state index contributed by atoms with van der Waals surface area (Å²) >= 11 is 0. The number of nitrogens with two attached hydrogens (primary N) is 1. The highest BCUT2D eigenvalue weighted by atomic mass is 32.2. The first-order valence-electron chi connectivity index (χ1n) is 7.44. The molecule has 2 aromatic carbocycles. The monoisotopic (exact) mass is 347 g/mol. The summed E-state index contributed by atoms with van der Waals surface area (Å²) in [6.45, 7) is 5.75. The maximum absolute atomic E-state index is 12.3. The van der Waals surface area contributed by atoms with Crippen LogP contribution < -0.4 is 15.8 Å². The third-order valence-corrected chi connectivity index (χ3v) is 4.53. The van der Waals surface area contributed by atoms with Crippen molar-refractivity contribution in [2.24, 2.45) is 5.14 Å². The van der Waals surface area contributed by atoms with E-state index in [9.17, 15) is 13.2 Å². The van der Waals surface area contributed by atoms with Crippen LogP contribution in [0.1, 0.15) is 18.1 Å². The second-order valence-electron chi connectivity index (χ2n) is 5.74. The van der Waals surface area contributed by atoms with Crippen LogP contribution in [0.4, 0.5) is 11.4 Å². The van der Waals surface area contributed by atoms with Crippen molar-refractivity contribution in [1.29, 1.82) is 0 Å². The van der Waals surface area contributed by atoms with Gasteiger partial charge in [-0.1, -0.05) is 17.7 Å². The highest BCUT2D eigenvalue weighted by Gasteiger charge is 2.14. The van der Waals surface area contributed by atoms with Gasteiger partial charge in [0.1, 0.15) is 6.04 Å². The van der Waals surface area contributed by atoms with Gasteiger partial charge in [-0.15, -0.1) is 0 Å². The Balaban J connectivity index is 2.03. The summed E-state index contributed by atoms with van der Waals surface area (Å²) in [6, 6.07) is 11.2. The Morgan fingerprint density at radius 3 is 2.25 bits per heavy atom. The van der Waals surface area contributed by atoms with E-state index in [1.807, 2.05) is 32.0 Å². The average Bonchev–Trinajstić information content (AvgIpc) is 2.49. The Labute approximate surface area is 142 Å². The Morgan fingerprint density at radius 1 is 1.08 bits per heavy atom. The van der Waals surface area contributed by atoms with Crippen molar-refractivity contribution in [2.45, 2.75) is 31.7 Å². The number of carbonyl (C=O) groups excluding carboxylic acids is 1. The zero-order valence-electron chi connectivity index (χ0n) is 13.8. The molecule has 0 bridgehead atoms. The maximum Gasteiger partial charge on any atom is 0.246 e. The lowest BCUT2D eigenvalue weighted by Crippen LogP contribution is -2.32. The van der Waals surface area contributed by atoms with Crippen LogP contribution >= 0.6 is 0 Å². The van der Waals surface area contributed by atoms with Crippen LogP contribution in [0.25, 0.3) is 0 Å². The van der Waals surface area contributed by atoms with Crippen molar-refractivity contribution in [3.05, 3.63) is 53.6 Å². The minimum absolute atomic E-state index is 0.00181. The molecule has 0 aliphatic rings. The zero-order chi connectivity index (χ0) is 17.9. The van der Waals surface area contributed by atoms with Crippen molar-refractivity contribution < 1.29 is 13.2 Å². The third kappa shape index (κ3) is 4.56. The van der Waals surface area contributed by atoms with Crippen LogP contribution in [0.15, 0.2) is 47.4 Å². The van der Waals surface area contributed by atoms with Crippen LogP contribution in [0.3, 0.4) is 0 Å². The van der Waals surface area contributed by atoms with Gasteiger partial charge in [-0.3, -0.25) is 4.79 Å². The first-order valence-corrected chi connectivity index (χ1v) is 8.99. The fourth-order valence-electron chi connectivity index (χ4n) is 2.25. The van der Waals surface area contributed by atoms with E-state index in [-0.39, 0.29) is 10.8 Å². The summed E-state index contributed by atoms with van der Waals surface area (Å²) < 4.78 is 22.4. The number of primary sulfonamides is 1. The Kier molecular flexibility index (Phi) is 5.26. The molecule has 128 valence electrons. The van der Waals surface area contributed by atoms with Crippen molar-refractivity contribution in [3.63, 3.8) is 0 Å². The molecule has 24 heavy (non-hydrogen) atoms. The molecule has 0 spiro atoms. The van der Waals surface area contributed by atoms with Gasteiger partial charge in [0, 0.05) is 11.4 Å². The number of hydrogen-bond donors (Lipinski definition) is 3. The van der Waals surface area contributed by atoms with E-state index >= 15 is 0 Å². The highest BCUT2D eigenvalue weighted by molar-refractivity contribution is 7.89. The van der Waals surface area contributed by atoms with Gasteiger partial charge in [-0.25, -0.2) is 13.6 Å². The van der Waals surface area contributed by atoms with Gasteiger partial charge in [0.2, 0.25) is 15.9 Å². The van der Waals surface area contributed by atoms with Gasteiger partial charge < -0.3 is 10.6 Å². The molecule has 0 aliphatic carbocycles. The third-order valence-electron chi connectivity index (χ3n) is 3.60. The molecule has 0 saturated heterocycles. The molecule has 0 radical (unpaired) electrons. The molecule has 1 amide bonds. The summed E-state index contributed by atoms with van der Waals surface area (Å²) in [4.78, 5) is 12.3. The summed E-state index contributed by atoms with van der Waals surface area (Å²) in [5, 5.41) is 10.9. The van der Waals surface area contributed by atoms with E-state index in [1.54, 1.807) is 6.92 Å². The number of hydrogen-bond acceptors (Lipinski definition) is 4. The van der Waals surface area contributed by atoms with E-state index in [0.717, 1.165) is 16.8 Å². The smallest absolute Gasteiger partial charge is 0.246 e. The van der Waals surface area contributed by atoms with E-state index in [1.165, 1.54) is 24.3 Å². The first-order chi connectivity index (χ1) is 11.2. The fraction of sp³-hybridized carbons (Fsp3) is 0.235. The Hall–Kier alpha value is -2.38. The molecule has 1 atom stereocenters. The molecular formula is C17H21N3O3S. The standard InChI is InChI=1S/C17H21N3O3S/c1-11-4-9-16(12(2)10-11)19-13(3)17(21)20-14-5-7-15(8-6-14)24(18,22)23/h4-10,13,19H,1-3H3,(H,20,21)(H2,18,22,23)/t13-/m1/s1. The fourth-order valence-corrected chi connectivity index (χ4v) is 2.77. The second kappa shape index (κ2) is 7.02. The molecule has 4 N–H and O–H groups in total. The normalized spacial score (nSPS) is 12.5. The molecule has 0 heterocycles. The summed E-state index contributed by atoms with van der Waals surface area (Å²) in [5.74, 6) is -0.224. The van der Waals surface area contributed by atoms with E-state index < -0.39 is 16.1 Å². The lowest BCUT2D eigenvalue weighted by atomic mass is 10.1. The number of carbonyl (C=O) groups is 1. The molecule has 0 unspecified atom stereocenters. The van der Waals surface area contributed by atoms with Crippen LogP contribution in [-0.4, -0.2) is 20.4 Å². The SMILES string of the molecule is Cc1ccc(N[C@H](C)C(=O)Nc2ccc(S(N)(=O)=O)cc2)c(C)c1. The number of aryl methyl sites for hydroxylation is 2. The van der Waals surface area contributed by atoms with Crippen molar-refractivity contribution >= 4 is 27.3 Å². The van der Waals surface area contributed by atoms with Gasteiger partial charge >= 0.3 is 0 Å². The number of nitrogens with one attached hydrogen (secondary N) is 2. The largest absolute Gasteiger partial charge is 0.374 e. The number of amides is 1.